The molecule has 1 aromatic heterocycles. The summed E-state index contributed by atoms with van der Waals surface area (Å²) in [5, 5.41) is 10.3. The minimum absolute atomic E-state index is 0.106. The van der Waals surface area contributed by atoms with E-state index in [-0.39, 0.29) is 6.42 Å². The number of pyridine rings is 1. The van der Waals surface area contributed by atoms with Crippen molar-refractivity contribution in [1.82, 2.24) is 4.98 Å². The zero-order valence-electron chi connectivity index (χ0n) is 9.42. The molecule has 0 atom stereocenters. The smallest absolute Gasteiger partial charge is 0.129 e. The molecule has 19 heavy (non-hydrogen) atoms. The third-order valence-electron chi connectivity index (χ3n) is 2.50. The molecule has 0 N–H and O–H groups in total. The van der Waals surface area contributed by atoms with Crippen LogP contribution in [0.5, 0.6) is 0 Å². The molecular weight excluding hydrogens is 326 g/mol. The van der Waals surface area contributed by atoms with Crippen molar-refractivity contribution >= 4 is 46.4 Å². The summed E-state index contributed by atoms with van der Waals surface area (Å²) >= 11 is 24.2. The Morgan fingerprint density at radius 2 is 1.68 bits per heavy atom. The Kier molecular flexibility index (Phi) is 4.54. The zero-order valence-corrected chi connectivity index (χ0v) is 12.4. The number of nitriles is 1. The molecule has 0 bridgehead atoms. The Hall–Kier alpha value is -0.980. The molecule has 0 aliphatic carbocycles. The van der Waals surface area contributed by atoms with Gasteiger partial charge in [0.15, 0.2) is 0 Å². The molecule has 1 aromatic carbocycles. The molecule has 2 aromatic rings. The number of halogens is 4. The van der Waals surface area contributed by atoms with Crippen LogP contribution in [-0.2, 0) is 6.42 Å². The summed E-state index contributed by atoms with van der Waals surface area (Å²) < 4.78 is 0. The van der Waals surface area contributed by atoms with E-state index in [4.69, 9.17) is 51.7 Å². The van der Waals surface area contributed by atoms with Crippen LogP contribution in [-0.4, -0.2) is 4.98 Å². The summed E-state index contributed by atoms with van der Waals surface area (Å²) in [4.78, 5) is 4.13. The number of benzene rings is 1. The fraction of sp³-hybridized carbons (Fsp3) is 0.0769. The minimum atomic E-state index is 0.106. The molecule has 96 valence electrons. The number of nitrogens with zero attached hydrogens (tertiary/aromatic N) is 2. The van der Waals surface area contributed by atoms with Crippen LogP contribution >= 0.6 is 46.4 Å². The van der Waals surface area contributed by atoms with E-state index in [9.17, 15) is 0 Å². The predicted octanol–water partition coefficient (Wildman–Crippen LogP) is 5.43. The van der Waals surface area contributed by atoms with Crippen LogP contribution in [0.3, 0.4) is 0 Å². The van der Waals surface area contributed by atoms with Crippen LogP contribution in [0, 0.1) is 11.3 Å². The van der Waals surface area contributed by atoms with Crippen molar-refractivity contribution in [3.05, 3.63) is 50.2 Å². The fourth-order valence-corrected chi connectivity index (χ4v) is 2.58. The molecule has 1 heterocycles. The van der Waals surface area contributed by atoms with Crippen molar-refractivity contribution in [2.24, 2.45) is 0 Å². The number of aromatic nitrogens is 1. The lowest BCUT2D eigenvalue weighted by Crippen LogP contribution is -1.95. The summed E-state index contributed by atoms with van der Waals surface area (Å²) in [5.74, 6) is 0. The third kappa shape index (κ3) is 2.96. The number of hydrogen-bond acceptors (Lipinski definition) is 2. The lowest BCUT2D eigenvalue weighted by molar-refractivity contribution is 1.12. The van der Waals surface area contributed by atoms with E-state index in [2.05, 4.69) is 4.98 Å². The van der Waals surface area contributed by atoms with Crippen LogP contribution in [0.25, 0.3) is 11.1 Å². The molecule has 6 heteroatoms. The molecule has 0 saturated carbocycles. The van der Waals surface area contributed by atoms with Crippen molar-refractivity contribution in [3.8, 4) is 17.2 Å². The van der Waals surface area contributed by atoms with Crippen LogP contribution < -0.4 is 0 Å². The van der Waals surface area contributed by atoms with E-state index in [1.54, 1.807) is 24.3 Å². The van der Waals surface area contributed by atoms with Gasteiger partial charge in [-0.1, -0.05) is 46.4 Å². The Labute approximate surface area is 130 Å². The quantitative estimate of drug-likeness (QED) is 0.543. The Morgan fingerprint density at radius 1 is 1.00 bits per heavy atom. The second-order valence-electron chi connectivity index (χ2n) is 3.68. The van der Waals surface area contributed by atoms with E-state index in [1.807, 2.05) is 6.07 Å². The molecule has 0 unspecified atom stereocenters. The largest absolute Gasteiger partial charge is 0.239 e. The molecule has 0 aliphatic rings. The van der Waals surface area contributed by atoms with Crippen molar-refractivity contribution in [2.75, 3.05) is 0 Å². The van der Waals surface area contributed by atoms with Gasteiger partial charge in [0, 0.05) is 11.1 Å². The van der Waals surface area contributed by atoms with E-state index >= 15 is 0 Å². The molecule has 0 saturated heterocycles. The van der Waals surface area contributed by atoms with Crippen LogP contribution in [0.2, 0.25) is 20.2 Å². The molecule has 2 nitrogen and oxygen atoms in total. The average molecular weight is 332 g/mol. The highest BCUT2D eigenvalue weighted by molar-refractivity contribution is 6.46. The molecule has 2 rings (SSSR count). The van der Waals surface area contributed by atoms with Crippen molar-refractivity contribution < 1.29 is 0 Å². The van der Waals surface area contributed by atoms with Gasteiger partial charge in [-0.25, -0.2) is 4.98 Å². The maximum absolute atomic E-state index is 8.85. The fourth-order valence-electron chi connectivity index (χ4n) is 1.69. The van der Waals surface area contributed by atoms with Gasteiger partial charge in [0.2, 0.25) is 0 Å². The highest BCUT2D eigenvalue weighted by atomic mass is 35.5. The number of rotatable bonds is 2. The minimum Gasteiger partial charge on any atom is -0.239 e. The first kappa shape index (κ1) is 14.4. The van der Waals surface area contributed by atoms with Gasteiger partial charge in [0.1, 0.15) is 5.15 Å². The van der Waals surface area contributed by atoms with E-state index in [0.29, 0.717) is 37.0 Å². The van der Waals surface area contributed by atoms with Crippen LogP contribution in [0.4, 0.5) is 0 Å². The Bertz CT molecular complexity index is 677. The SMILES string of the molecule is N#CCc1nc(Cl)ccc1-c1c(Cl)ccc(Cl)c1Cl. The molecule has 0 radical (unpaired) electrons. The average Bonchev–Trinajstić information content (AvgIpc) is 2.37. The van der Waals surface area contributed by atoms with Gasteiger partial charge < -0.3 is 0 Å². The normalized spacial score (nSPS) is 10.3. The van der Waals surface area contributed by atoms with Gasteiger partial charge >= 0.3 is 0 Å². The lowest BCUT2D eigenvalue weighted by atomic mass is 10.0. The first-order valence-electron chi connectivity index (χ1n) is 5.21. The first-order chi connectivity index (χ1) is 9.04. The Balaban J connectivity index is 2.72. The maximum atomic E-state index is 8.85. The predicted molar refractivity (Wildman–Crippen MR) is 79.0 cm³/mol. The van der Waals surface area contributed by atoms with E-state index in [0.717, 1.165) is 0 Å². The van der Waals surface area contributed by atoms with Crippen molar-refractivity contribution in [1.29, 1.82) is 5.26 Å². The van der Waals surface area contributed by atoms with E-state index < -0.39 is 0 Å². The summed E-state index contributed by atoms with van der Waals surface area (Å²) in [6.07, 6.45) is 0.106. The maximum Gasteiger partial charge on any atom is 0.129 e. The standard InChI is InChI=1S/C13H6Cl4N2/c14-8-2-3-9(15)13(17)12(8)7-1-4-11(16)19-10(7)5-6-18/h1-4H,5H2. The van der Waals surface area contributed by atoms with Crippen LogP contribution in [0.1, 0.15) is 5.69 Å². The van der Waals surface area contributed by atoms with Gasteiger partial charge in [0.05, 0.1) is 33.3 Å². The topological polar surface area (TPSA) is 36.7 Å². The van der Waals surface area contributed by atoms with Crippen molar-refractivity contribution in [2.45, 2.75) is 6.42 Å². The van der Waals surface area contributed by atoms with Crippen LogP contribution in [0.15, 0.2) is 24.3 Å². The summed E-state index contributed by atoms with van der Waals surface area (Å²) in [7, 11) is 0. The van der Waals surface area contributed by atoms with Gasteiger partial charge in [-0.15, -0.1) is 0 Å². The highest BCUT2D eigenvalue weighted by Gasteiger charge is 2.16. The van der Waals surface area contributed by atoms with Gasteiger partial charge in [-0.05, 0) is 24.3 Å². The summed E-state index contributed by atoms with van der Waals surface area (Å²) in [5.41, 5.74) is 1.73. The van der Waals surface area contributed by atoms with Gasteiger partial charge in [-0.2, -0.15) is 5.26 Å². The molecule has 0 fully saturated rings. The van der Waals surface area contributed by atoms with Gasteiger partial charge in [-0.3, -0.25) is 0 Å². The molecular formula is C13H6Cl4N2. The lowest BCUT2D eigenvalue weighted by Gasteiger charge is -2.11. The second-order valence-corrected chi connectivity index (χ2v) is 5.26. The highest BCUT2D eigenvalue weighted by Crippen LogP contribution is 2.40. The van der Waals surface area contributed by atoms with E-state index in [1.165, 1.54) is 0 Å². The van der Waals surface area contributed by atoms with Crippen molar-refractivity contribution in [3.63, 3.8) is 0 Å². The molecule has 0 amide bonds. The monoisotopic (exact) mass is 330 g/mol. The van der Waals surface area contributed by atoms with Gasteiger partial charge in [0.25, 0.3) is 0 Å². The molecule has 0 aliphatic heterocycles. The Morgan fingerprint density at radius 3 is 2.37 bits per heavy atom. The number of hydrogen-bond donors (Lipinski definition) is 0. The summed E-state index contributed by atoms with van der Waals surface area (Å²) in [6.45, 7) is 0. The third-order valence-corrected chi connectivity index (χ3v) is 3.83. The first-order valence-corrected chi connectivity index (χ1v) is 6.72. The zero-order chi connectivity index (χ0) is 14.0. The second kappa shape index (κ2) is 5.98. The summed E-state index contributed by atoms with van der Waals surface area (Å²) in [6, 6.07) is 8.64. The molecule has 0 spiro atoms.